The lowest BCUT2D eigenvalue weighted by Gasteiger charge is -1.89. The Morgan fingerprint density at radius 3 is 2.64 bits per heavy atom. The van der Waals surface area contributed by atoms with Gasteiger partial charge >= 0.3 is 0 Å². The Morgan fingerprint density at radius 1 is 1.55 bits per heavy atom. The van der Waals surface area contributed by atoms with E-state index in [1.54, 1.807) is 13.1 Å². The van der Waals surface area contributed by atoms with Gasteiger partial charge in [0.2, 0.25) is 0 Å². The van der Waals surface area contributed by atoms with Crippen molar-refractivity contribution < 1.29 is 0 Å². The van der Waals surface area contributed by atoms with E-state index in [9.17, 15) is 0 Å². The van der Waals surface area contributed by atoms with Crippen molar-refractivity contribution in [3.63, 3.8) is 0 Å². The summed E-state index contributed by atoms with van der Waals surface area (Å²) in [6.45, 7) is 11.2. The molecule has 0 spiro atoms. The van der Waals surface area contributed by atoms with Crippen LogP contribution in [0.25, 0.3) is 0 Å². The number of nitrogens with zero attached hydrogens (tertiary/aromatic N) is 1. The third-order valence-corrected chi connectivity index (χ3v) is 1.10. The van der Waals surface area contributed by atoms with Gasteiger partial charge in [0.25, 0.3) is 0 Å². The van der Waals surface area contributed by atoms with E-state index in [1.807, 2.05) is 6.92 Å². The molecule has 0 aliphatic rings. The van der Waals surface area contributed by atoms with Crippen molar-refractivity contribution in [3.05, 3.63) is 24.4 Å². The second-order valence-corrected chi connectivity index (χ2v) is 2.08. The Morgan fingerprint density at radius 2 is 2.18 bits per heavy atom. The van der Waals surface area contributed by atoms with Gasteiger partial charge < -0.3 is 0 Å². The Balaban J connectivity index is 4.00. The van der Waals surface area contributed by atoms with Crippen molar-refractivity contribution >= 4 is 6.21 Å². The third kappa shape index (κ3) is 5.17. The summed E-state index contributed by atoms with van der Waals surface area (Å²) in [5.41, 5.74) is 1.58. The lowest BCUT2D eigenvalue weighted by molar-refractivity contribution is 1.08. The van der Waals surface area contributed by atoms with Gasteiger partial charge in [-0.15, -0.1) is 5.92 Å². The van der Waals surface area contributed by atoms with E-state index in [-0.39, 0.29) is 0 Å². The first-order valence-electron chi connectivity index (χ1n) is 3.54. The molecule has 0 rings (SSSR count). The predicted molar refractivity (Wildman–Crippen MR) is 50.5 cm³/mol. The minimum Gasteiger partial charge on any atom is -0.261 e. The van der Waals surface area contributed by atoms with Crippen molar-refractivity contribution in [2.75, 3.05) is 0 Å². The highest BCUT2D eigenvalue weighted by Crippen LogP contribution is 1.97. The summed E-state index contributed by atoms with van der Waals surface area (Å²) in [5.74, 6) is 5.53. The molecule has 0 aromatic rings. The molecule has 58 valence electrons. The SMILES string of the molecule is C=C(C#CC)C=NC(=C)CC. The van der Waals surface area contributed by atoms with E-state index < -0.39 is 0 Å². The summed E-state index contributed by atoms with van der Waals surface area (Å²) in [7, 11) is 0. The molecule has 0 aliphatic carbocycles. The minimum absolute atomic E-state index is 0.724. The van der Waals surface area contributed by atoms with Crippen molar-refractivity contribution in [2.24, 2.45) is 4.99 Å². The number of aliphatic imine (C=N–C) groups is 1. The van der Waals surface area contributed by atoms with E-state index in [2.05, 4.69) is 30.0 Å². The van der Waals surface area contributed by atoms with Crippen LogP contribution >= 0.6 is 0 Å². The molecule has 11 heavy (non-hydrogen) atoms. The van der Waals surface area contributed by atoms with Crippen LogP contribution in [0.1, 0.15) is 20.3 Å². The van der Waals surface area contributed by atoms with Crippen LogP contribution in [0.4, 0.5) is 0 Å². The zero-order chi connectivity index (χ0) is 8.69. The second kappa shape index (κ2) is 5.49. The lowest BCUT2D eigenvalue weighted by Crippen LogP contribution is -1.78. The van der Waals surface area contributed by atoms with Crippen molar-refractivity contribution in [1.29, 1.82) is 0 Å². The standard InChI is InChI=1S/C10H13N/c1-5-7-9(3)8-11-10(4)6-2/h8H,3-4,6H2,1-2H3. The van der Waals surface area contributed by atoms with Gasteiger partial charge in [-0.05, 0) is 13.3 Å². The Labute approximate surface area is 68.5 Å². The van der Waals surface area contributed by atoms with Gasteiger partial charge in [-0.3, -0.25) is 4.99 Å². The van der Waals surface area contributed by atoms with Crippen LogP contribution in [0.15, 0.2) is 29.4 Å². The molecule has 0 saturated heterocycles. The number of allylic oxidation sites excluding steroid dienone is 2. The van der Waals surface area contributed by atoms with Crippen LogP contribution in [0, 0.1) is 11.8 Å². The number of rotatable bonds is 3. The molecule has 1 heteroatoms. The summed E-state index contributed by atoms with van der Waals surface area (Å²) >= 11 is 0. The molecule has 0 aromatic carbocycles. The van der Waals surface area contributed by atoms with E-state index in [1.165, 1.54) is 0 Å². The number of hydrogen-bond donors (Lipinski definition) is 0. The molecule has 0 aliphatic heterocycles. The minimum atomic E-state index is 0.724. The molecule has 0 unspecified atom stereocenters. The smallest absolute Gasteiger partial charge is 0.0421 e. The molecular weight excluding hydrogens is 134 g/mol. The first-order valence-corrected chi connectivity index (χ1v) is 3.54. The fourth-order valence-corrected chi connectivity index (χ4v) is 0.453. The van der Waals surface area contributed by atoms with E-state index >= 15 is 0 Å². The molecule has 0 amide bonds. The molecule has 0 saturated carbocycles. The molecule has 0 N–H and O–H groups in total. The summed E-state index contributed by atoms with van der Waals surface area (Å²) < 4.78 is 0. The fourth-order valence-electron chi connectivity index (χ4n) is 0.453. The van der Waals surface area contributed by atoms with Gasteiger partial charge in [-0.25, -0.2) is 0 Å². The Kier molecular flexibility index (Phi) is 4.85. The fraction of sp³-hybridized carbons (Fsp3) is 0.300. The molecule has 1 nitrogen and oxygen atoms in total. The molecule has 0 heterocycles. The first kappa shape index (κ1) is 9.71. The van der Waals surface area contributed by atoms with Gasteiger partial charge in [0.1, 0.15) is 0 Å². The zero-order valence-corrected chi connectivity index (χ0v) is 7.15. The topological polar surface area (TPSA) is 12.4 Å². The molecule has 0 radical (unpaired) electrons. The monoisotopic (exact) mass is 147 g/mol. The van der Waals surface area contributed by atoms with Crippen LogP contribution in [0.5, 0.6) is 0 Å². The van der Waals surface area contributed by atoms with Crippen LogP contribution in [-0.4, -0.2) is 6.21 Å². The van der Waals surface area contributed by atoms with Crippen molar-refractivity contribution in [1.82, 2.24) is 0 Å². The quantitative estimate of drug-likeness (QED) is 0.429. The average Bonchev–Trinajstić information content (AvgIpc) is 2.01. The highest BCUT2D eigenvalue weighted by Gasteiger charge is 1.82. The normalized spacial score (nSPS) is 8.91. The summed E-state index contributed by atoms with van der Waals surface area (Å²) in [5, 5.41) is 0. The van der Waals surface area contributed by atoms with Gasteiger partial charge in [-0.2, -0.15) is 0 Å². The maximum Gasteiger partial charge on any atom is 0.0421 e. The van der Waals surface area contributed by atoms with Crippen LogP contribution in [0.2, 0.25) is 0 Å². The third-order valence-electron chi connectivity index (χ3n) is 1.10. The highest BCUT2D eigenvalue weighted by atomic mass is 14.7. The van der Waals surface area contributed by atoms with Crippen LogP contribution < -0.4 is 0 Å². The van der Waals surface area contributed by atoms with Gasteiger partial charge in [0.05, 0.1) is 0 Å². The second-order valence-electron chi connectivity index (χ2n) is 2.08. The van der Waals surface area contributed by atoms with Crippen LogP contribution in [0.3, 0.4) is 0 Å². The molecular formula is C10H13N. The molecule has 0 bridgehead atoms. The summed E-state index contributed by atoms with van der Waals surface area (Å²) in [6.07, 6.45) is 2.51. The maximum absolute atomic E-state index is 4.04. The van der Waals surface area contributed by atoms with Crippen LogP contribution in [-0.2, 0) is 0 Å². The maximum atomic E-state index is 4.04. The van der Waals surface area contributed by atoms with Crippen molar-refractivity contribution in [2.45, 2.75) is 20.3 Å². The highest BCUT2D eigenvalue weighted by molar-refractivity contribution is 5.84. The van der Waals surface area contributed by atoms with E-state index in [0.29, 0.717) is 0 Å². The molecule has 0 aromatic heterocycles. The van der Waals surface area contributed by atoms with E-state index in [0.717, 1.165) is 17.7 Å². The van der Waals surface area contributed by atoms with Gasteiger partial charge in [0, 0.05) is 17.5 Å². The molecule has 0 fully saturated rings. The zero-order valence-electron chi connectivity index (χ0n) is 7.15. The summed E-state index contributed by atoms with van der Waals surface area (Å²) in [4.78, 5) is 4.04. The first-order chi connectivity index (χ1) is 5.20. The average molecular weight is 147 g/mol. The van der Waals surface area contributed by atoms with Crippen molar-refractivity contribution in [3.8, 4) is 11.8 Å². The summed E-state index contributed by atoms with van der Waals surface area (Å²) in [6, 6.07) is 0. The molecule has 0 atom stereocenters. The van der Waals surface area contributed by atoms with E-state index in [4.69, 9.17) is 0 Å². The largest absolute Gasteiger partial charge is 0.261 e. The Hall–Kier alpha value is -1.29. The Bertz CT molecular complexity index is 235. The number of hydrogen-bond acceptors (Lipinski definition) is 1. The van der Waals surface area contributed by atoms with Gasteiger partial charge in [0.15, 0.2) is 0 Å². The lowest BCUT2D eigenvalue weighted by atomic mass is 10.3. The van der Waals surface area contributed by atoms with Gasteiger partial charge in [-0.1, -0.05) is 26.0 Å². The predicted octanol–water partition coefficient (Wildman–Crippen LogP) is 2.56.